The molecule has 3 aromatic rings. The standard InChI is InChI=1S/C23H27FN2O/c1-23(2,27)17-9-10-18(20(24)14-17)19(12-15-6-3-4-7-15)21-13-16-8-5-11-25-22(16)26-21/h5,8-11,13-15,19,27H,3-4,6-7,12H2,1-2H3,(H,25,26). The number of aromatic nitrogens is 2. The molecule has 1 atom stereocenters. The Morgan fingerprint density at radius 2 is 2.00 bits per heavy atom. The third-order valence-corrected chi connectivity index (χ3v) is 5.91. The third-order valence-electron chi connectivity index (χ3n) is 5.91. The van der Waals surface area contributed by atoms with Crippen LogP contribution in [0.4, 0.5) is 4.39 Å². The number of pyridine rings is 1. The molecule has 2 heterocycles. The van der Waals surface area contributed by atoms with Gasteiger partial charge in [-0.2, -0.15) is 0 Å². The minimum absolute atomic E-state index is 0.0295. The summed E-state index contributed by atoms with van der Waals surface area (Å²) >= 11 is 0. The summed E-state index contributed by atoms with van der Waals surface area (Å²) in [6, 6.07) is 11.2. The van der Waals surface area contributed by atoms with Crippen LogP contribution in [0.15, 0.2) is 42.6 Å². The van der Waals surface area contributed by atoms with Crippen molar-refractivity contribution >= 4 is 11.0 Å². The third kappa shape index (κ3) is 3.77. The van der Waals surface area contributed by atoms with Crippen molar-refractivity contribution in [3.05, 3.63) is 65.2 Å². The van der Waals surface area contributed by atoms with E-state index < -0.39 is 5.60 Å². The number of aromatic amines is 1. The molecule has 1 fully saturated rings. The van der Waals surface area contributed by atoms with Crippen LogP contribution in [0.5, 0.6) is 0 Å². The summed E-state index contributed by atoms with van der Waals surface area (Å²) in [5.41, 5.74) is 2.11. The molecule has 0 spiro atoms. The van der Waals surface area contributed by atoms with E-state index in [0.29, 0.717) is 17.0 Å². The van der Waals surface area contributed by atoms with E-state index in [-0.39, 0.29) is 11.7 Å². The first-order valence-electron chi connectivity index (χ1n) is 9.88. The molecule has 1 saturated carbocycles. The molecule has 0 bridgehead atoms. The molecule has 0 aliphatic heterocycles. The van der Waals surface area contributed by atoms with E-state index in [0.717, 1.165) is 23.1 Å². The van der Waals surface area contributed by atoms with Gasteiger partial charge in [0.25, 0.3) is 0 Å². The van der Waals surface area contributed by atoms with E-state index in [2.05, 4.69) is 16.0 Å². The lowest BCUT2D eigenvalue weighted by molar-refractivity contribution is 0.0782. The highest BCUT2D eigenvalue weighted by molar-refractivity contribution is 5.76. The van der Waals surface area contributed by atoms with E-state index in [1.54, 1.807) is 20.0 Å². The number of H-pyrrole nitrogens is 1. The fraction of sp³-hybridized carbons (Fsp3) is 0.435. The average Bonchev–Trinajstić information content (AvgIpc) is 3.28. The van der Waals surface area contributed by atoms with Crippen LogP contribution in [0, 0.1) is 11.7 Å². The second-order valence-corrected chi connectivity index (χ2v) is 8.40. The highest BCUT2D eigenvalue weighted by Crippen LogP contribution is 2.39. The lowest BCUT2D eigenvalue weighted by Gasteiger charge is -2.23. The van der Waals surface area contributed by atoms with Crippen molar-refractivity contribution in [3.8, 4) is 0 Å². The predicted octanol–water partition coefficient (Wildman–Crippen LogP) is 5.64. The van der Waals surface area contributed by atoms with Crippen LogP contribution in [0.25, 0.3) is 11.0 Å². The first kappa shape index (κ1) is 18.2. The van der Waals surface area contributed by atoms with Gasteiger partial charge in [0.15, 0.2) is 0 Å². The molecule has 2 N–H and O–H groups in total. The number of rotatable bonds is 5. The molecular formula is C23H27FN2O. The molecule has 1 unspecified atom stereocenters. The molecule has 3 nitrogen and oxygen atoms in total. The quantitative estimate of drug-likeness (QED) is 0.614. The van der Waals surface area contributed by atoms with Gasteiger partial charge < -0.3 is 10.1 Å². The summed E-state index contributed by atoms with van der Waals surface area (Å²) in [5.74, 6) is 0.352. The number of benzene rings is 1. The van der Waals surface area contributed by atoms with Crippen LogP contribution in [0.3, 0.4) is 0 Å². The minimum atomic E-state index is -1.05. The Labute approximate surface area is 159 Å². The monoisotopic (exact) mass is 366 g/mol. The Balaban J connectivity index is 1.75. The normalized spacial score (nSPS) is 16.9. The van der Waals surface area contributed by atoms with Crippen LogP contribution in [0.2, 0.25) is 0 Å². The molecule has 0 radical (unpaired) electrons. The second-order valence-electron chi connectivity index (χ2n) is 8.40. The van der Waals surface area contributed by atoms with Gasteiger partial charge in [0.1, 0.15) is 11.5 Å². The van der Waals surface area contributed by atoms with Crippen molar-refractivity contribution in [1.29, 1.82) is 0 Å². The van der Waals surface area contributed by atoms with Crippen LogP contribution < -0.4 is 0 Å². The van der Waals surface area contributed by atoms with Crippen molar-refractivity contribution in [1.82, 2.24) is 9.97 Å². The van der Waals surface area contributed by atoms with Crippen LogP contribution in [-0.4, -0.2) is 15.1 Å². The van der Waals surface area contributed by atoms with E-state index in [1.807, 2.05) is 24.3 Å². The second kappa shape index (κ2) is 7.08. The molecule has 27 heavy (non-hydrogen) atoms. The van der Waals surface area contributed by atoms with Crippen molar-refractivity contribution in [2.75, 3.05) is 0 Å². The van der Waals surface area contributed by atoms with Gasteiger partial charge in [-0.1, -0.05) is 37.8 Å². The first-order valence-corrected chi connectivity index (χ1v) is 9.88. The molecule has 0 saturated heterocycles. The highest BCUT2D eigenvalue weighted by Gasteiger charge is 2.27. The topological polar surface area (TPSA) is 48.9 Å². The van der Waals surface area contributed by atoms with E-state index >= 15 is 4.39 Å². The number of nitrogens with one attached hydrogen (secondary N) is 1. The molecule has 1 aliphatic carbocycles. The number of nitrogens with zero attached hydrogens (tertiary/aromatic N) is 1. The number of hydrogen-bond acceptors (Lipinski definition) is 2. The number of hydrogen-bond donors (Lipinski definition) is 2. The van der Waals surface area contributed by atoms with Crippen molar-refractivity contribution in [3.63, 3.8) is 0 Å². The molecule has 0 amide bonds. The SMILES string of the molecule is CC(C)(O)c1ccc(C(CC2CCCC2)c2cc3cccnc3[nH]2)c(F)c1. The molecule has 142 valence electrons. The van der Waals surface area contributed by atoms with Gasteiger partial charge >= 0.3 is 0 Å². The van der Waals surface area contributed by atoms with E-state index in [1.165, 1.54) is 31.7 Å². The summed E-state index contributed by atoms with van der Waals surface area (Å²) < 4.78 is 15.1. The summed E-state index contributed by atoms with van der Waals surface area (Å²) in [6.07, 6.45) is 7.69. The van der Waals surface area contributed by atoms with Gasteiger partial charge in [0.2, 0.25) is 0 Å². The van der Waals surface area contributed by atoms with Crippen molar-refractivity contribution in [2.45, 2.75) is 57.5 Å². The minimum Gasteiger partial charge on any atom is -0.386 e. The largest absolute Gasteiger partial charge is 0.386 e. The zero-order valence-electron chi connectivity index (χ0n) is 16.0. The lowest BCUT2D eigenvalue weighted by Crippen LogP contribution is -2.17. The predicted molar refractivity (Wildman–Crippen MR) is 106 cm³/mol. The van der Waals surface area contributed by atoms with Crippen molar-refractivity contribution < 1.29 is 9.50 Å². The highest BCUT2D eigenvalue weighted by atomic mass is 19.1. The van der Waals surface area contributed by atoms with Gasteiger partial charge in [-0.15, -0.1) is 0 Å². The smallest absolute Gasteiger partial charge is 0.137 e. The van der Waals surface area contributed by atoms with Crippen LogP contribution in [0.1, 0.15) is 68.7 Å². The molecule has 4 heteroatoms. The van der Waals surface area contributed by atoms with E-state index in [9.17, 15) is 5.11 Å². The van der Waals surface area contributed by atoms with Gasteiger partial charge in [-0.25, -0.2) is 9.37 Å². The lowest BCUT2D eigenvalue weighted by atomic mass is 9.84. The zero-order valence-corrected chi connectivity index (χ0v) is 16.0. The first-order chi connectivity index (χ1) is 12.9. The maximum atomic E-state index is 15.1. The number of aliphatic hydroxyl groups is 1. The maximum absolute atomic E-state index is 15.1. The Kier molecular flexibility index (Phi) is 4.77. The number of halogens is 1. The molecular weight excluding hydrogens is 339 g/mol. The Bertz CT molecular complexity index is 902. The maximum Gasteiger partial charge on any atom is 0.137 e. The van der Waals surface area contributed by atoms with Crippen molar-refractivity contribution in [2.24, 2.45) is 5.92 Å². The van der Waals surface area contributed by atoms with Gasteiger partial charge in [-0.05, 0) is 61.6 Å². The zero-order chi connectivity index (χ0) is 19.0. The summed E-state index contributed by atoms with van der Waals surface area (Å²) in [6.45, 7) is 3.36. The fourth-order valence-corrected chi connectivity index (χ4v) is 4.36. The van der Waals surface area contributed by atoms with Gasteiger partial charge in [0, 0.05) is 23.2 Å². The Morgan fingerprint density at radius 3 is 2.67 bits per heavy atom. The van der Waals surface area contributed by atoms with Gasteiger partial charge in [0.05, 0.1) is 5.60 Å². The fourth-order valence-electron chi connectivity index (χ4n) is 4.36. The Morgan fingerprint density at radius 1 is 1.22 bits per heavy atom. The van der Waals surface area contributed by atoms with E-state index in [4.69, 9.17) is 0 Å². The average molecular weight is 366 g/mol. The van der Waals surface area contributed by atoms with Crippen LogP contribution >= 0.6 is 0 Å². The molecule has 1 aliphatic rings. The summed E-state index contributed by atoms with van der Waals surface area (Å²) in [4.78, 5) is 7.81. The summed E-state index contributed by atoms with van der Waals surface area (Å²) in [5, 5.41) is 11.3. The Hall–Kier alpha value is -2.20. The number of fused-ring (bicyclic) bond motifs is 1. The van der Waals surface area contributed by atoms with Gasteiger partial charge in [-0.3, -0.25) is 0 Å². The van der Waals surface area contributed by atoms with Crippen LogP contribution in [-0.2, 0) is 5.60 Å². The molecule has 1 aromatic carbocycles. The molecule has 2 aromatic heterocycles. The molecule has 4 rings (SSSR count). The summed E-state index contributed by atoms with van der Waals surface area (Å²) in [7, 11) is 0.